The first-order valence-electron chi connectivity index (χ1n) is 20.0. The standard InChI is InChI=1S/C54H30F4O4S/c55-48-50(57)54(63(59,60)61)51(58)49(56)53(48)62-52-46(35-23-24-41-34(25-35)21-19-30-9-1-4-12-38(30)41)28-37(45-26-33-11-3-6-14-40(33)42-15-7-8-16-43(42)45)29-47(52)36-22-20-32-18-17-31-10-2-5-13-39(31)44(32)27-36/h1-29H,(H,59,60,61). The van der Waals surface area contributed by atoms with Crippen molar-refractivity contribution < 1.29 is 35.3 Å². The van der Waals surface area contributed by atoms with Crippen molar-refractivity contribution in [1.29, 1.82) is 0 Å². The molecule has 0 unspecified atom stereocenters. The van der Waals surface area contributed by atoms with Gasteiger partial charge in [-0.2, -0.15) is 17.2 Å². The quantitative estimate of drug-likeness (QED) is 0.0783. The van der Waals surface area contributed by atoms with E-state index in [1.165, 1.54) is 0 Å². The molecule has 0 aliphatic rings. The van der Waals surface area contributed by atoms with E-state index in [-0.39, 0.29) is 5.75 Å². The number of hydrogen-bond acceptors (Lipinski definition) is 3. The van der Waals surface area contributed by atoms with E-state index in [9.17, 15) is 13.0 Å². The van der Waals surface area contributed by atoms with Gasteiger partial charge >= 0.3 is 10.1 Å². The Labute approximate surface area is 357 Å². The van der Waals surface area contributed by atoms with Crippen LogP contribution in [0.2, 0.25) is 0 Å². The highest BCUT2D eigenvalue weighted by Gasteiger charge is 2.34. The van der Waals surface area contributed by atoms with Gasteiger partial charge in [0.05, 0.1) is 0 Å². The Morgan fingerprint density at radius 1 is 0.349 bits per heavy atom. The van der Waals surface area contributed by atoms with Gasteiger partial charge in [0, 0.05) is 11.1 Å². The summed E-state index contributed by atoms with van der Waals surface area (Å²) in [4.78, 5) is -2.16. The summed E-state index contributed by atoms with van der Waals surface area (Å²) >= 11 is 0. The molecule has 0 spiro atoms. The third-order valence-corrected chi connectivity index (χ3v) is 12.8. The molecule has 11 aromatic rings. The van der Waals surface area contributed by atoms with Gasteiger partial charge in [0.25, 0.3) is 0 Å². The van der Waals surface area contributed by atoms with E-state index >= 15 is 17.6 Å². The summed E-state index contributed by atoms with van der Waals surface area (Å²) in [7, 11) is -5.73. The molecular weight excluding hydrogens is 821 g/mol. The molecule has 0 fully saturated rings. The number of rotatable bonds is 6. The Bertz CT molecular complexity index is 3840. The molecule has 11 aromatic carbocycles. The maximum absolute atomic E-state index is 16.1. The van der Waals surface area contributed by atoms with Gasteiger partial charge in [0.1, 0.15) is 5.75 Å². The van der Waals surface area contributed by atoms with E-state index in [1.54, 1.807) is 0 Å². The maximum atomic E-state index is 16.1. The monoisotopic (exact) mass is 850 g/mol. The Balaban J connectivity index is 1.27. The van der Waals surface area contributed by atoms with E-state index in [4.69, 9.17) is 4.74 Å². The smallest absolute Gasteiger partial charge is 0.300 e. The number of hydrogen-bond donors (Lipinski definition) is 1. The van der Waals surface area contributed by atoms with Crippen LogP contribution >= 0.6 is 0 Å². The van der Waals surface area contributed by atoms with Gasteiger partial charge in [0.15, 0.2) is 16.5 Å². The molecule has 0 bridgehead atoms. The maximum Gasteiger partial charge on any atom is 0.300 e. The highest BCUT2D eigenvalue weighted by molar-refractivity contribution is 7.85. The van der Waals surface area contributed by atoms with Gasteiger partial charge in [-0.15, -0.1) is 0 Å². The normalized spacial score (nSPS) is 12.0. The fourth-order valence-corrected chi connectivity index (χ4v) is 9.61. The lowest BCUT2D eigenvalue weighted by atomic mass is 9.87. The summed E-state index contributed by atoms with van der Waals surface area (Å²) in [5.74, 6) is -10.6. The van der Waals surface area contributed by atoms with Gasteiger partial charge in [0.2, 0.25) is 17.4 Å². The van der Waals surface area contributed by atoms with Crippen molar-refractivity contribution in [2.45, 2.75) is 4.90 Å². The van der Waals surface area contributed by atoms with Crippen molar-refractivity contribution in [3.63, 3.8) is 0 Å². The minimum Gasteiger partial charge on any atom is -0.450 e. The van der Waals surface area contributed by atoms with Crippen LogP contribution in [-0.2, 0) is 10.1 Å². The largest absolute Gasteiger partial charge is 0.450 e. The molecule has 0 saturated carbocycles. The topological polar surface area (TPSA) is 63.6 Å². The Hall–Kier alpha value is -7.59. The molecule has 0 saturated heterocycles. The summed E-state index contributed by atoms with van der Waals surface area (Å²) in [6.45, 7) is 0. The van der Waals surface area contributed by atoms with E-state index in [0.717, 1.165) is 70.2 Å². The molecule has 9 heteroatoms. The lowest BCUT2D eigenvalue weighted by Gasteiger charge is -2.21. The molecule has 4 nitrogen and oxygen atoms in total. The minimum atomic E-state index is -5.73. The summed E-state index contributed by atoms with van der Waals surface area (Å²) in [6.07, 6.45) is 0. The Morgan fingerprint density at radius 2 is 0.778 bits per heavy atom. The molecule has 0 aromatic heterocycles. The van der Waals surface area contributed by atoms with Crippen molar-refractivity contribution >= 4 is 74.8 Å². The zero-order valence-electron chi connectivity index (χ0n) is 32.8. The first-order chi connectivity index (χ1) is 30.5. The Kier molecular flexibility index (Phi) is 8.83. The summed E-state index contributed by atoms with van der Waals surface area (Å²) in [5, 5.41) is 11.5. The SMILES string of the molecule is O=S(=O)(O)c1c(F)c(F)c(Oc2c(-c3ccc4c(ccc5ccccc54)c3)cc(-c3cc4ccccc4c4ccccc34)cc2-c2ccc3ccc4ccccc4c3c2)c(F)c1F. The predicted molar refractivity (Wildman–Crippen MR) is 244 cm³/mol. The van der Waals surface area contributed by atoms with Crippen molar-refractivity contribution in [2.75, 3.05) is 0 Å². The van der Waals surface area contributed by atoms with Crippen LogP contribution in [0.3, 0.4) is 0 Å². The molecule has 0 radical (unpaired) electrons. The molecular formula is C54H30F4O4S. The van der Waals surface area contributed by atoms with Crippen molar-refractivity contribution in [3.8, 4) is 44.9 Å². The van der Waals surface area contributed by atoms with Crippen molar-refractivity contribution in [1.82, 2.24) is 0 Å². The zero-order valence-corrected chi connectivity index (χ0v) is 33.7. The Morgan fingerprint density at radius 3 is 1.40 bits per heavy atom. The highest BCUT2D eigenvalue weighted by atomic mass is 32.2. The second-order valence-electron chi connectivity index (χ2n) is 15.5. The average Bonchev–Trinajstić information content (AvgIpc) is 3.31. The van der Waals surface area contributed by atoms with Crippen LogP contribution in [0.15, 0.2) is 181 Å². The fourth-order valence-electron chi connectivity index (χ4n) is 8.98. The van der Waals surface area contributed by atoms with Crippen LogP contribution in [0.5, 0.6) is 11.5 Å². The minimum absolute atomic E-state index is 0.167. The number of benzene rings is 11. The zero-order chi connectivity index (χ0) is 43.1. The second kappa shape index (κ2) is 14.5. The first-order valence-corrected chi connectivity index (χ1v) is 21.4. The summed E-state index contributed by atoms with van der Waals surface area (Å²) in [5.41, 5.74) is 3.25. The van der Waals surface area contributed by atoms with Crippen LogP contribution in [-0.4, -0.2) is 13.0 Å². The van der Waals surface area contributed by atoms with Crippen LogP contribution in [0.4, 0.5) is 17.6 Å². The third-order valence-electron chi connectivity index (χ3n) is 11.9. The van der Waals surface area contributed by atoms with E-state index in [2.05, 4.69) is 12.1 Å². The lowest BCUT2D eigenvalue weighted by molar-refractivity contribution is 0.347. The van der Waals surface area contributed by atoms with Crippen molar-refractivity contribution in [3.05, 3.63) is 199 Å². The summed E-state index contributed by atoms with van der Waals surface area (Å²) < 4.78 is 103. The predicted octanol–water partition coefficient (Wildman–Crippen LogP) is 15.2. The average molecular weight is 851 g/mol. The molecule has 0 aliphatic heterocycles. The van der Waals surface area contributed by atoms with Gasteiger partial charge < -0.3 is 4.74 Å². The molecule has 63 heavy (non-hydrogen) atoms. The van der Waals surface area contributed by atoms with Gasteiger partial charge in [-0.3, -0.25) is 4.55 Å². The number of fused-ring (bicyclic) bond motifs is 9. The highest BCUT2D eigenvalue weighted by Crippen LogP contribution is 2.49. The van der Waals surface area contributed by atoms with Crippen molar-refractivity contribution in [2.24, 2.45) is 0 Å². The number of halogens is 4. The first kappa shape index (κ1) is 38.3. The van der Waals surface area contributed by atoms with Crippen LogP contribution in [0.25, 0.3) is 98.0 Å². The van der Waals surface area contributed by atoms with E-state index in [1.807, 2.05) is 164 Å². The van der Waals surface area contributed by atoms with Crippen LogP contribution in [0.1, 0.15) is 0 Å². The second-order valence-corrected chi connectivity index (χ2v) is 16.9. The van der Waals surface area contributed by atoms with Crippen LogP contribution < -0.4 is 4.74 Å². The van der Waals surface area contributed by atoms with Crippen LogP contribution in [0, 0.1) is 23.3 Å². The van der Waals surface area contributed by atoms with E-state index in [0.29, 0.717) is 27.8 Å². The molecule has 0 heterocycles. The molecule has 0 amide bonds. The molecule has 0 atom stereocenters. The van der Waals surface area contributed by atoms with E-state index < -0.39 is 44.0 Å². The number of ether oxygens (including phenoxy) is 1. The lowest BCUT2D eigenvalue weighted by Crippen LogP contribution is -2.11. The molecule has 1 N–H and O–H groups in total. The third kappa shape index (κ3) is 6.27. The van der Waals surface area contributed by atoms with Gasteiger partial charge in [-0.25, -0.2) is 8.78 Å². The molecule has 0 aliphatic carbocycles. The van der Waals surface area contributed by atoms with Gasteiger partial charge in [-0.05, 0) is 117 Å². The molecule has 11 rings (SSSR count). The summed E-state index contributed by atoms with van der Waals surface area (Å²) in [6, 6.07) is 56.9. The van der Waals surface area contributed by atoms with Gasteiger partial charge in [-0.1, -0.05) is 146 Å². The fraction of sp³-hybridized carbons (Fsp3) is 0. The molecule has 304 valence electrons.